The van der Waals surface area contributed by atoms with Gasteiger partial charge in [0.15, 0.2) is 0 Å². The topological polar surface area (TPSA) is 35.9 Å². The van der Waals surface area contributed by atoms with E-state index in [9.17, 15) is 0 Å². The molecule has 0 radical (unpaired) electrons. The Hall–Kier alpha value is -3.65. The molecule has 0 aromatic heterocycles. The van der Waals surface area contributed by atoms with Crippen molar-refractivity contribution in [1.29, 1.82) is 5.41 Å². The first kappa shape index (κ1) is 28.9. The molecule has 2 heteroatoms. The Labute approximate surface area is 230 Å². The molecular weight excluding hydrogens is 460 g/mol. The van der Waals surface area contributed by atoms with E-state index in [2.05, 4.69) is 99.8 Å². The van der Waals surface area contributed by atoms with E-state index < -0.39 is 0 Å². The third-order valence-electron chi connectivity index (χ3n) is 7.71. The summed E-state index contributed by atoms with van der Waals surface area (Å²) in [5, 5.41) is 11.8. The zero-order valence-corrected chi connectivity index (χ0v) is 24.2. The molecule has 0 amide bonds. The van der Waals surface area contributed by atoms with Crippen LogP contribution in [0.4, 0.5) is 0 Å². The SMILES string of the molecule is C/C(=C/Cc1ccccc1C)C(=N)c1ccccc1.CC.CC1=C/C(C)[C@@]2(C)CN/C(=C\1)c1ccccc12. The van der Waals surface area contributed by atoms with Gasteiger partial charge in [0.1, 0.15) is 0 Å². The minimum atomic E-state index is 0.204. The summed E-state index contributed by atoms with van der Waals surface area (Å²) in [4.78, 5) is 0. The van der Waals surface area contributed by atoms with Crippen molar-refractivity contribution in [2.45, 2.75) is 60.3 Å². The smallest absolute Gasteiger partial charge is 0.0638 e. The van der Waals surface area contributed by atoms with Crippen LogP contribution in [0.1, 0.15) is 69.4 Å². The highest BCUT2D eigenvalue weighted by Crippen LogP contribution is 2.42. The van der Waals surface area contributed by atoms with E-state index in [1.807, 2.05) is 51.1 Å². The molecule has 2 heterocycles. The van der Waals surface area contributed by atoms with Crippen molar-refractivity contribution >= 4 is 11.4 Å². The lowest BCUT2D eigenvalue weighted by Crippen LogP contribution is -2.45. The number of benzene rings is 3. The monoisotopic (exact) mass is 504 g/mol. The van der Waals surface area contributed by atoms with Crippen molar-refractivity contribution < 1.29 is 0 Å². The Morgan fingerprint density at radius 2 is 1.58 bits per heavy atom. The van der Waals surface area contributed by atoms with Gasteiger partial charge in [-0.1, -0.05) is 124 Å². The van der Waals surface area contributed by atoms with Crippen LogP contribution < -0.4 is 5.32 Å². The minimum absolute atomic E-state index is 0.204. The summed E-state index contributed by atoms with van der Waals surface area (Å²) in [6.45, 7) is 16.1. The highest BCUT2D eigenvalue weighted by molar-refractivity contribution is 6.10. The first-order valence-electron chi connectivity index (χ1n) is 13.9. The van der Waals surface area contributed by atoms with Gasteiger partial charge >= 0.3 is 0 Å². The molecule has 2 aliphatic heterocycles. The van der Waals surface area contributed by atoms with Crippen molar-refractivity contribution in [1.82, 2.24) is 5.32 Å². The molecule has 38 heavy (non-hydrogen) atoms. The predicted octanol–water partition coefficient (Wildman–Crippen LogP) is 9.06. The van der Waals surface area contributed by atoms with Crippen molar-refractivity contribution in [2.75, 3.05) is 6.54 Å². The number of allylic oxidation sites excluding steroid dienone is 5. The van der Waals surface area contributed by atoms with Gasteiger partial charge in [0.25, 0.3) is 0 Å². The Morgan fingerprint density at radius 3 is 2.29 bits per heavy atom. The third kappa shape index (κ3) is 6.61. The van der Waals surface area contributed by atoms with Crippen molar-refractivity contribution in [3.63, 3.8) is 0 Å². The van der Waals surface area contributed by atoms with E-state index in [0.717, 1.165) is 24.1 Å². The molecule has 2 atom stereocenters. The fraction of sp³-hybridized carbons (Fsp3) is 0.306. The van der Waals surface area contributed by atoms with Crippen LogP contribution in [0, 0.1) is 18.3 Å². The molecule has 3 aromatic rings. The fourth-order valence-electron chi connectivity index (χ4n) is 5.11. The number of aryl methyl sites for hydroxylation is 1. The highest BCUT2D eigenvalue weighted by Gasteiger charge is 2.38. The van der Waals surface area contributed by atoms with E-state index >= 15 is 0 Å². The van der Waals surface area contributed by atoms with Crippen LogP contribution in [-0.4, -0.2) is 12.3 Å². The van der Waals surface area contributed by atoms with Gasteiger partial charge in [0.2, 0.25) is 0 Å². The summed E-state index contributed by atoms with van der Waals surface area (Å²) in [7, 11) is 0. The van der Waals surface area contributed by atoms with E-state index in [1.165, 1.54) is 33.5 Å². The average Bonchev–Trinajstić information content (AvgIpc) is 2.95. The quantitative estimate of drug-likeness (QED) is 0.342. The van der Waals surface area contributed by atoms with Crippen molar-refractivity contribution in [2.24, 2.45) is 5.92 Å². The zero-order chi connectivity index (χ0) is 27.7. The van der Waals surface area contributed by atoms with Crippen molar-refractivity contribution in [3.8, 4) is 0 Å². The molecular formula is C36H44N2. The van der Waals surface area contributed by atoms with Crippen LogP contribution in [0.5, 0.6) is 0 Å². The zero-order valence-electron chi connectivity index (χ0n) is 24.2. The van der Waals surface area contributed by atoms with Gasteiger partial charge in [-0.3, -0.25) is 0 Å². The summed E-state index contributed by atoms with van der Waals surface area (Å²) in [5.41, 5.74) is 10.9. The maximum atomic E-state index is 8.19. The lowest BCUT2D eigenvalue weighted by Gasteiger charge is -2.43. The van der Waals surface area contributed by atoms with Crippen LogP contribution in [-0.2, 0) is 11.8 Å². The molecule has 0 saturated carbocycles. The normalized spacial score (nSPS) is 22.3. The van der Waals surface area contributed by atoms with E-state index in [-0.39, 0.29) is 5.41 Å². The number of hydrogen-bond acceptors (Lipinski definition) is 2. The maximum Gasteiger partial charge on any atom is 0.0638 e. The summed E-state index contributed by atoms with van der Waals surface area (Å²) in [6, 6.07) is 27.1. The van der Waals surface area contributed by atoms with Crippen LogP contribution in [0.25, 0.3) is 5.70 Å². The van der Waals surface area contributed by atoms with Crippen LogP contribution in [0.15, 0.2) is 108 Å². The maximum absolute atomic E-state index is 8.19. The molecule has 198 valence electrons. The Morgan fingerprint density at radius 1 is 0.947 bits per heavy atom. The molecule has 1 aliphatic carbocycles. The number of hydrogen-bond donors (Lipinski definition) is 2. The Kier molecular flexibility index (Phi) is 10.1. The molecule has 0 spiro atoms. The lowest BCUT2D eigenvalue weighted by atomic mass is 9.67. The average molecular weight is 505 g/mol. The lowest BCUT2D eigenvalue weighted by molar-refractivity contribution is 0.353. The fourth-order valence-corrected chi connectivity index (χ4v) is 5.11. The largest absolute Gasteiger partial charge is 0.384 e. The van der Waals surface area contributed by atoms with Gasteiger partial charge in [0, 0.05) is 23.2 Å². The van der Waals surface area contributed by atoms with Crippen LogP contribution in [0.3, 0.4) is 0 Å². The summed E-state index contributed by atoms with van der Waals surface area (Å²) in [6.07, 6.45) is 7.69. The summed E-state index contributed by atoms with van der Waals surface area (Å²) < 4.78 is 0. The van der Waals surface area contributed by atoms with Gasteiger partial charge in [-0.25, -0.2) is 0 Å². The predicted molar refractivity (Wildman–Crippen MR) is 166 cm³/mol. The minimum Gasteiger partial charge on any atom is -0.384 e. The second-order valence-corrected chi connectivity index (χ2v) is 10.3. The Balaban J connectivity index is 0.000000199. The highest BCUT2D eigenvalue weighted by atomic mass is 14.9. The third-order valence-corrected chi connectivity index (χ3v) is 7.71. The Bertz CT molecular complexity index is 1330. The molecule has 2 N–H and O–H groups in total. The van der Waals surface area contributed by atoms with Gasteiger partial charge in [-0.15, -0.1) is 0 Å². The van der Waals surface area contributed by atoms with Gasteiger partial charge in [0.05, 0.1) is 5.71 Å². The number of fused-ring (bicyclic) bond motifs is 3. The standard InChI is InChI=1S/C18H19N.C16H19N.C2H6/c1-14-8-6-7-9-16(14)13-12-15(2)18(19)17-10-4-3-5-11-17;1-11-8-12(2)16(3)10-17-15(9-11)13-6-4-5-7-14(13)16;1-2/h3-12,19H,13H2,1-2H3;4-9,12,17H,10H2,1-3H3;1-2H3/b15-12-,19-18?;11-8-,15-9-;/t;12?,16-;/m.1./s1. The van der Waals surface area contributed by atoms with Crippen LogP contribution >= 0.6 is 0 Å². The molecule has 2 bridgehead atoms. The molecule has 2 nitrogen and oxygen atoms in total. The van der Waals surface area contributed by atoms with Crippen LogP contribution in [0.2, 0.25) is 0 Å². The van der Waals surface area contributed by atoms with Gasteiger partial charge in [-0.05, 0) is 67.0 Å². The van der Waals surface area contributed by atoms with Crippen molar-refractivity contribution in [3.05, 3.63) is 136 Å². The first-order valence-corrected chi connectivity index (χ1v) is 13.9. The summed E-state index contributed by atoms with van der Waals surface area (Å²) in [5.74, 6) is 0.550. The molecule has 3 aromatic carbocycles. The molecule has 0 fully saturated rings. The molecule has 6 rings (SSSR count). The second kappa shape index (κ2) is 13.2. The van der Waals surface area contributed by atoms with E-state index in [4.69, 9.17) is 5.41 Å². The van der Waals surface area contributed by atoms with E-state index in [0.29, 0.717) is 11.6 Å². The second-order valence-electron chi connectivity index (χ2n) is 10.3. The summed E-state index contributed by atoms with van der Waals surface area (Å²) >= 11 is 0. The molecule has 1 unspecified atom stereocenters. The van der Waals surface area contributed by atoms with Gasteiger partial charge in [-0.2, -0.15) is 0 Å². The number of rotatable bonds is 4. The number of nitrogens with one attached hydrogen (secondary N) is 2. The van der Waals surface area contributed by atoms with Gasteiger partial charge < -0.3 is 10.7 Å². The first-order chi connectivity index (χ1) is 18.3. The van der Waals surface area contributed by atoms with E-state index in [1.54, 1.807) is 0 Å². The molecule has 3 aliphatic rings. The molecule has 0 saturated heterocycles.